The second kappa shape index (κ2) is 8.29. The van der Waals surface area contributed by atoms with E-state index in [1.54, 1.807) is 17.0 Å². The minimum atomic E-state index is -1.27. The van der Waals surface area contributed by atoms with Crippen molar-refractivity contribution in [2.75, 3.05) is 27.4 Å². The summed E-state index contributed by atoms with van der Waals surface area (Å²) in [6.45, 7) is 3.67. The number of hydrogen-bond donors (Lipinski definition) is 1. The van der Waals surface area contributed by atoms with Gasteiger partial charge in [-0.15, -0.1) is 11.8 Å². The number of nitrogens with zero attached hydrogens (tertiary/aromatic N) is 2. The second-order valence-electron chi connectivity index (χ2n) is 8.47. The molecule has 0 aliphatic carbocycles. The Morgan fingerprint density at radius 1 is 1.03 bits per heavy atom. The van der Waals surface area contributed by atoms with Crippen LogP contribution in [0.2, 0.25) is 0 Å². The van der Waals surface area contributed by atoms with Crippen molar-refractivity contribution in [3.63, 3.8) is 0 Å². The molecule has 0 saturated carbocycles. The minimum Gasteiger partial charge on any atom is -0.325 e. The van der Waals surface area contributed by atoms with Gasteiger partial charge in [-0.25, -0.2) is 4.39 Å². The van der Waals surface area contributed by atoms with Gasteiger partial charge >= 0.3 is 0 Å². The molecule has 34 heavy (non-hydrogen) atoms. The number of fused-ring (bicyclic) bond motifs is 2. The van der Waals surface area contributed by atoms with Crippen LogP contribution >= 0.6 is 11.8 Å². The van der Waals surface area contributed by atoms with E-state index in [1.165, 1.54) is 40.9 Å². The Kier molecular flexibility index (Phi) is 5.40. The van der Waals surface area contributed by atoms with Crippen molar-refractivity contribution in [2.24, 2.45) is 0 Å². The molecule has 1 atom stereocenters. The van der Waals surface area contributed by atoms with Crippen LogP contribution in [0, 0.1) is 19.7 Å². The molecule has 172 valence electrons. The third-order valence-corrected chi connectivity index (χ3v) is 7.34. The van der Waals surface area contributed by atoms with Gasteiger partial charge in [0.05, 0.1) is 11.4 Å². The molecule has 2 heterocycles. The number of nitrogens with one attached hydrogen (secondary N) is 1. The van der Waals surface area contributed by atoms with Gasteiger partial charge in [0.15, 0.2) is 0 Å². The molecule has 1 N–H and O–H groups in total. The third-order valence-electron chi connectivity index (χ3n) is 5.96. The summed E-state index contributed by atoms with van der Waals surface area (Å²) in [7, 11) is 0. The Morgan fingerprint density at radius 3 is 2.41 bits per heavy atom. The number of benzene rings is 3. The zero-order valence-corrected chi connectivity index (χ0v) is 19.5. The number of hydrogen-bond acceptors (Lipinski definition) is 4. The molecule has 2 aliphatic rings. The third kappa shape index (κ3) is 3.54. The first-order valence-electron chi connectivity index (χ1n) is 10.8. The van der Waals surface area contributed by atoms with Gasteiger partial charge in [0.1, 0.15) is 12.4 Å². The summed E-state index contributed by atoms with van der Waals surface area (Å²) < 4.78 is 13.2. The van der Waals surface area contributed by atoms with Crippen LogP contribution in [-0.4, -0.2) is 30.0 Å². The van der Waals surface area contributed by atoms with Crippen LogP contribution in [0.1, 0.15) is 16.7 Å². The SMILES string of the molecule is Cc1cc(C)cc(N2C(=O)CS[C@@]23C(=O)N(CC(=O)Nc2ccc(F)cc2)c2ccccc23)c1. The van der Waals surface area contributed by atoms with Crippen molar-refractivity contribution in [1.29, 1.82) is 0 Å². The number of rotatable bonds is 4. The van der Waals surface area contributed by atoms with Crippen LogP contribution < -0.4 is 15.1 Å². The van der Waals surface area contributed by atoms with Gasteiger partial charge in [-0.05, 0) is 67.4 Å². The van der Waals surface area contributed by atoms with Gasteiger partial charge in [-0.3, -0.25) is 24.2 Å². The average Bonchev–Trinajstić information content (AvgIpc) is 3.26. The predicted octanol–water partition coefficient (Wildman–Crippen LogP) is 4.36. The highest BCUT2D eigenvalue weighted by atomic mass is 32.2. The smallest absolute Gasteiger partial charge is 0.269 e. The monoisotopic (exact) mass is 475 g/mol. The number of anilines is 3. The number of halogens is 1. The molecule has 2 aliphatic heterocycles. The number of thioether (sulfide) groups is 1. The van der Waals surface area contributed by atoms with Gasteiger partial charge < -0.3 is 5.32 Å². The van der Waals surface area contributed by atoms with Crippen LogP contribution in [-0.2, 0) is 19.3 Å². The fourth-order valence-corrected chi connectivity index (χ4v) is 6.03. The topological polar surface area (TPSA) is 69.7 Å². The first-order chi connectivity index (χ1) is 16.3. The Hall–Kier alpha value is -3.65. The van der Waals surface area contributed by atoms with Gasteiger partial charge in [-0.2, -0.15) is 0 Å². The van der Waals surface area contributed by atoms with E-state index >= 15 is 0 Å². The molecule has 5 rings (SSSR count). The summed E-state index contributed by atoms with van der Waals surface area (Å²) in [6.07, 6.45) is 0. The maximum absolute atomic E-state index is 14.0. The predicted molar refractivity (Wildman–Crippen MR) is 131 cm³/mol. The Bertz CT molecular complexity index is 1310. The summed E-state index contributed by atoms with van der Waals surface area (Å²) in [4.78, 5) is 41.7. The van der Waals surface area contributed by atoms with E-state index in [9.17, 15) is 18.8 Å². The normalized spacial score (nSPS) is 19.1. The van der Waals surface area contributed by atoms with Crippen LogP contribution in [0.5, 0.6) is 0 Å². The van der Waals surface area contributed by atoms with E-state index in [0.29, 0.717) is 22.6 Å². The average molecular weight is 476 g/mol. The van der Waals surface area contributed by atoms with Crippen LogP contribution in [0.15, 0.2) is 66.7 Å². The molecule has 1 saturated heterocycles. The van der Waals surface area contributed by atoms with Crippen molar-refractivity contribution < 1.29 is 18.8 Å². The lowest BCUT2D eigenvalue weighted by atomic mass is 10.0. The van der Waals surface area contributed by atoms with Crippen molar-refractivity contribution in [3.8, 4) is 0 Å². The van der Waals surface area contributed by atoms with Crippen molar-refractivity contribution >= 4 is 46.5 Å². The van der Waals surface area contributed by atoms with E-state index < -0.39 is 16.6 Å². The van der Waals surface area contributed by atoms with Crippen molar-refractivity contribution in [3.05, 3.63) is 89.2 Å². The Morgan fingerprint density at radius 2 is 1.71 bits per heavy atom. The Balaban J connectivity index is 1.53. The molecular weight excluding hydrogens is 453 g/mol. The van der Waals surface area contributed by atoms with E-state index in [4.69, 9.17) is 0 Å². The zero-order valence-electron chi connectivity index (χ0n) is 18.7. The number of aryl methyl sites for hydroxylation is 2. The van der Waals surface area contributed by atoms with E-state index in [2.05, 4.69) is 5.32 Å². The van der Waals surface area contributed by atoms with E-state index in [-0.39, 0.29) is 24.1 Å². The molecule has 0 aromatic heterocycles. The molecule has 1 spiro atoms. The Labute approximate surface area is 200 Å². The molecule has 0 bridgehead atoms. The summed E-state index contributed by atoms with van der Waals surface area (Å²) in [6, 6.07) is 18.5. The molecule has 0 unspecified atom stereocenters. The maximum atomic E-state index is 14.0. The number of carbonyl (C=O) groups is 3. The molecular formula is C26H22FN3O3S. The van der Waals surface area contributed by atoms with E-state index in [1.807, 2.05) is 44.2 Å². The summed E-state index contributed by atoms with van der Waals surface area (Å²) in [5.41, 5.74) is 4.35. The lowest BCUT2D eigenvalue weighted by Crippen LogP contribution is -2.51. The number of para-hydroxylation sites is 1. The highest BCUT2D eigenvalue weighted by Crippen LogP contribution is 2.55. The quantitative estimate of drug-likeness (QED) is 0.609. The van der Waals surface area contributed by atoms with Crippen molar-refractivity contribution in [2.45, 2.75) is 18.7 Å². The zero-order chi connectivity index (χ0) is 24.0. The summed E-state index contributed by atoms with van der Waals surface area (Å²) in [5, 5.41) is 2.71. The van der Waals surface area contributed by atoms with Crippen LogP contribution in [0.4, 0.5) is 21.5 Å². The molecule has 1 fully saturated rings. The number of carbonyl (C=O) groups excluding carboxylic acids is 3. The lowest BCUT2D eigenvalue weighted by Gasteiger charge is -2.33. The molecule has 8 heteroatoms. The first-order valence-corrected chi connectivity index (χ1v) is 11.8. The van der Waals surface area contributed by atoms with Gasteiger partial charge in [0.25, 0.3) is 5.91 Å². The van der Waals surface area contributed by atoms with Crippen LogP contribution in [0.25, 0.3) is 0 Å². The van der Waals surface area contributed by atoms with E-state index in [0.717, 1.165) is 11.1 Å². The molecule has 3 aromatic rings. The van der Waals surface area contributed by atoms with Gasteiger partial charge in [0.2, 0.25) is 16.7 Å². The molecule has 3 aromatic carbocycles. The van der Waals surface area contributed by atoms with Gasteiger partial charge in [0, 0.05) is 16.9 Å². The first kappa shape index (κ1) is 22.2. The maximum Gasteiger partial charge on any atom is 0.269 e. The fourth-order valence-electron chi connectivity index (χ4n) is 4.67. The number of amides is 3. The summed E-state index contributed by atoms with van der Waals surface area (Å²) in [5.74, 6) is -1.16. The minimum absolute atomic E-state index is 0.155. The summed E-state index contributed by atoms with van der Waals surface area (Å²) >= 11 is 1.27. The second-order valence-corrected chi connectivity index (χ2v) is 9.64. The molecule has 0 radical (unpaired) electrons. The lowest BCUT2D eigenvalue weighted by molar-refractivity contribution is -0.124. The van der Waals surface area contributed by atoms with Gasteiger partial charge in [-0.1, -0.05) is 24.3 Å². The van der Waals surface area contributed by atoms with Crippen molar-refractivity contribution in [1.82, 2.24) is 0 Å². The largest absolute Gasteiger partial charge is 0.325 e. The fraction of sp³-hybridized carbons (Fsp3) is 0.192. The standard InChI is InChI=1S/C26H22FN3O3S/c1-16-11-17(2)13-20(12-16)30-24(32)15-34-26(30)21-5-3-4-6-22(21)29(25(26)33)14-23(31)28-19-9-7-18(27)8-10-19/h3-13H,14-15H2,1-2H3,(H,28,31)/t26-/m0/s1. The van der Waals surface area contributed by atoms with Crippen LogP contribution in [0.3, 0.4) is 0 Å². The molecule has 6 nitrogen and oxygen atoms in total. The molecule has 3 amide bonds. The highest BCUT2D eigenvalue weighted by molar-refractivity contribution is 8.02. The highest BCUT2D eigenvalue weighted by Gasteiger charge is 2.61.